The summed E-state index contributed by atoms with van der Waals surface area (Å²) in [7, 11) is 0. The van der Waals surface area contributed by atoms with Gasteiger partial charge in [-0.1, -0.05) is 0 Å². The van der Waals surface area contributed by atoms with Gasteiger partial charge in [0.15, 0.2) is 0 Å². The Bertz CT molecular complexity index is 619. The first-order valence-corrected chi connectivity index (χ1v) is 9.14. The molecule has 0 aromatic carbocycles. The van der Waals surface area contributed by atoms with Gasteiger partial charge in [0.1, 0.15) is 0 Å². The zero-order chi connectivity index (χ0) is 15.5. The number of pyridine rings is 1. The standard InChI is InChI=1S/C18H22N2O2S/c1-5-19-6-2-15(1)11-21-17-9-18(22-12-17)4-7-20(14-18)10-16-3-8-23-13-16/h1-3,5-6,8,13,17H,4,7,9-12,14H2/t17-,18+/m0/s1. The third-order valence-electron chi connectivity index (χ3n) is 4.79. The van der Waals surface area contributed by atoms with Crippen molar-refractivity contribution in [3.63, 3.8) is 0 Å². The Morgan fingerprint density at radius 3 is 3.04 bits per heavy atom. The molecule has 5 heteroatoms. The van der Waals surface area contributed by atoms with Crippen LogP contribution in [0, 0.1) is 0 Å². The van der Waals surface area contributed by atoms with E-state index in [1.54, 1.807) is 11.3 Å². The second kappa shape index (κ2) is 6.69. The topological polar surface area (TPSA) is 34.6 Å². The lowest BCUT2D eigenvalue weighted by atomic mass is 9.98. The summed E-state index contributed by atoms with van der Waals surface area (Å²) in [5.74, 6) is 0. The second-order valence-electron chi connectivity index (χ2n) is 6.58. The van der Waals surface area contributed by atoms with E-state index >= 15 is 0 Å². The van der Waals surface area contributed by atoms with Crippen molar-refractivity contribution in [1.29, 1.82) is 0 Å². The zero-order valence-electron chi connectivity index (χ0n) is 13.2. The van der Waals surface area contributed by atoms with Crippen LogP contribution in [0.15, 0.2) is 41.4 Å². The maximum atomic E-state index is 6.18. The Balaban J connectivity index is 1.28. The largest absolute Gasteiger partial charge is 0.371 e. The number of nitrogens with zero attached hydrogens (tertiary/aromatic N) is 2. The van der Waals surface area contributed by atoms with Crippen molar-refractivity contribution in [2.24, 2.45) is 0 Å². The molecule has 1 spiro atoms. The van der Waals surface area contributed by atoms with E-state index in [0.29, 0.717) is 6.61 Å². The molecule has 0 bridgehead atoms. The van der Waals surface area contributed by atoms with Gasteiger partial charge in [-0.25, -0.2) is 0 Å². The van der Waals surface area contributed by atoms with Crippen molar-refractivity contribution in [2.45, 2.75) is 37.7 Å². The molecule has 0 radical (unpaired) electrons. The van der Waals surface area contributed by atoms with E-state index in [9.17, 15) is 0 Å². The molecule has 23 heavy (non-hydrogen) atoms. The molecular formula is C18H22N2O2S. The van der Waals surface area contributed by atoms with Crippen molar-refractivity contribution in [3.05, 3.63) is 52.5 Å². The minimum atomic E-state index is 0.0128. The van der Waals surface area contributed by atoms with Crippen LogP contribution in [-0.4, -0.2) is 41.3 Å². The van der Waals surface area contributed by atoms with Crippen molar-refractivity contribution in [1.82, 2.24) is 9.88 Å². The normalized spacial score (nSPS) is 27.9. The minimum absolute atomic E-state index is 0.0128. The lowest BCUT2D eigenvalue weighted by Crippen LogP contribution is -2.32. The van der Waals surface area contributed by atoms with Crippen LogP contribution >= 0.6 is 11.3 Å². The molecule has 0 N–H and O–H groups in total. The van der Waals surface area contributed by atoms with Gasteiger partial charge < -0.3 is 9.47 Å². The maximum Gasteiger partial charge on any atom is 0.0847 e. The molecule has 0 aliphatic carbocycles. The predicted molar refractivity (Wildman–Crippen MR) is 90.3 cm³/mol. The first kappa shape index (κ1) is 15.3. The van der Waals surface area contributed by atoms with Gasteiger partial charge in [0, 0.05) is 38.4 Å². The summed E-state index contributed by atoms with van der Waals surface area (Å²) >= 11 is 1.77. The molecule has 2 atom stereocenters. The molecule has 0 amide bonds. The lowest BCUT2D eigenvalue weighted by Gasteiger charge is -2.23. The van der Waals surface area contributed by atoms with Gasteiger partial charge in [-0.05, 0) is 46.5 Å². The number of thiophene rings is 1. The first-order valence-electron chi connectivity index (χ1n) is 8.19. The quantitative estimate of drug-likeness (QED) is 0.844. The van der Waals surface area contributed by atoms with E-state index in [1.165, 1.54) is 11.1 Å². The molecule has 122 valence electrons. The number of aromatic nitrogens is 1. The minimum Gasteiger partial charge on any atom is -0.371 e. The van der Waals surface area contributed by atoms with E-state index in [1.807, 2.05) is 24.5 Å². The van der Waals surface area contributed by atoms with Crippen LogP contribution in [0.25, 0.3) is 0 Å². The fourth-order valence-corrected chi connectivity index (χ4v) is 4.25. The van der Waals surface area contributed by atoms with Gasteiger partial charge in [0.05, 0.1) is 24.9 Å². The summed E-state index contributed by atoms with van der Waals surface area (Å²) in [6.45, 7) is 4.55. The Morgan fingerprint density at radius 1 is 1.30 bits per heavy atom. The van der Waals surface area contributed by atoms with Crippen LogP contribution < -0.4 is 0 Å². The molecule has 2 saturated heterocycles. The molecule has 2 aliphatic rings. The Morgan fingerprint density at radius 2 is 2.22 bits per heavy atom. The summed E-state index contributed by atoms with van der Waals surface area (Å²) in [4.78, 5) is 6.54. The molecule has 2 aliphatic heterocycles. The monoisotopic (exact) mass is 330 g/mol. The summed E-state index contributed by atoms with van der Waals surface area (Å²) in [6.07, 6.45) is 5.96. The van der Waals surface area contributed by atoms with Crippen LogP contribution in [-0.2, 0) is 22.6 Å². The van der Waals surface area contributed by atoms with Crippen LogP contribution in [0.1, 0.15) is 24.0 Å². The van der Waals surface area contributed by atoms with Gasteiger partial charge in [-0.3, -0.25) is 9.88 Å². The van der Waals surface area contributed by atoms with E-state index < -0.39 is 0 Å². The average molecular weight is 330 g/mol. The first-order chi connectivity index (χ1) is 11.3. The predicted octanol–water partition coefficient (Wildman–Crippen LogP) is 3.09. The van der Waals surface area contributed by atoms with Crippen molar-refractivity contribution >= 4 is 11.3 Å². The van der Waals surface area contributed by atoms with Gasteiger partial charge in [-0.2, -0.15) is 11.3 Å². The Hall–Kier alpha value is -1.27. The van der Waals surface area contributed by atoms with E-state index in [0.717, 1.165) is 39.1 Å². The van der Waals surface area contributed by atoms with E-state index in [2.05, 4.69) is 26.7 Å². The molecule has 4 nitrogen and oxygen atoms in total. The highest BCUT2D eigenvalue weighted by Gasteiger charge is 2.45. The van der Waals surface area contributed by atoms with E-state index in [4.69, 9.17) is 9.47 Å². The Kier molecular flexibility index (Phi) is 4.44. The average Bonchev–Trinajstić information content (AvgIpc) is 3.31. The highest BCUT2D eigenvalue weighted by Crippen LogP contribution is 2.37. The van der Waals surface area contributed by atoms with Gasteiger partial charge in [0.2, 0.25) is 0 Å². The zero-order valence-corrected chi connectivity index (χ0v) is 14.0. The maximum absolute atomic E-state index is 6.18. The fourth-order valence-electron chi connectivity index (χ4n) is 3.59. The highest BCUT2D eigenvalue weighted by molar-refractivity contribution is 7.07. The number of hydrogen-bond donors (Lipinski definition) is 0. The summed E-state index contributed by atoms with van der Waals surface area (Å²) < 4.78 is 12.2. The molecule has 0 unspecified atom stereocenters. The molecule has 4 heterocycles. The molecule has 2 aromatic rings. The van der Waals surface area contributed by atoms with Crippen LogP contribution in [0.4, 0.5) is 0 Å². The van der Waals surface area contributed by atoms with Crippen molar-refractivity contribution in [2.75, 3.05) is 19.7 Å². The second-order valence-corrected chi connectivity index (χ2v) is 7.36. The van der Waals surface area contributed by atoms with Crippen molar-refractivity contribution < 1.29 is 9.47 Å². The SMILES string of the molecule is c1cc(CO[C@@H]2CO[C@]3(CCN(Cc4ccsc4)C3)C2)ccn1. The molecular weight excluding hydrogens is 308 g/mol. The van der Waals surface area contributed by atoms with Crippen LogP contribution in [0.2, 0.25) is 0 Å². The molecule has 4 rings (SSSR count). The van der Waals surface area contributed by atoms with Crippen molar-refractivity contribution in [3.8, 4) is 0 Å². The molecule has 2 fully saturated rings. The smallest absolute Gasteiger partial charge is 0.0847 e. The fraction of sp³-hybridized carbons (Fsp3) is 0.500. The summed E-state index contributed by atoms with van der Waals surface area (Å²) in [6, 6.07) is 6.22. The van der Waals surface area contributed by atoms with Gasteiger partial charge in [0.25, 0.3) is 0 Å². The summed E-state index contributed by atoms with van der Waals surface area (Å²) in [5, 5.41) is 4.39. The summed E-state index contributed by atoms with van der Waals surface area (Å²) in [5.41, 5.74) is 2.60. The lowest BCUT2D eigenvalue weighted by molar-refractivity contribution is -0.000424. The number of likely N-dealkylation sites (tertiary alicyclic amines) is 1. The van der Waals surface area contributed by atoms with Crippen LogP contribution in [0.3, 0.4) is 0 Å². The van der Waals surface area contributed by atoms with Gasteiger partial charge in [-0.15, -0.1) is 0 Å². The number of rotatable bonds is 5. The third kappa shape index (κ3) is 3.63. The van der Waals surface area contributed by atoms with Gasteiger partial charge >= 0.3 is 0 Å². The van der Waals surface area contributed by atoms with Crippen LogP contribution in [0.5, 0.6) is 0 Å². The number of ether oxygens (including phenoxy) is 2. The molecule has 2 aromatic heterocycles. The molecule has 0 saturated carbocycles. The van der Waals surface area contributed by atoms with E-state index in [-0.39, 0.29) is 11.7 Å². The Labute approximate surface area is 141 Å². The highest BCUT2D eigenvalue weighted by atomic mass is 32.1. The third-order valence-corrected chi connectivity index (χ3v) is 5.52. The number of hydrogen-bond acceptors (Lipinski definition) is 5.